The number of aromatic nitrogens is 1. The Hall–Kier alpha value is -2.69. The van der Waals surface area contributed by atoms with E-state index in [4.69, 9.17) is 16.6 Å². The smallest absolute Gasteiger partial charge is 0.238 e. The van der Waals surface area contributed by atoms with Gasteiger partial charge in [0.05, 0.1) is 34.7 Å². The molecular weight excluding hydrogens is 634 g/mol. The number of H-pyrrole nitrogens is 1. The molecule has 3 N–H and O–H groups in total. The van der Waals surface area contributed by atoms with Gasteiger partial charge < -0.3 is 20.3 Å². The molecule has 0 unspecified atom stereocenters. The minimum absolute atomic E-state index is 0.00999. The van der Waals surface area contributed by atoms with Gasteiger partial charge in [-0.1, -0.05) is 48.0 Å². The fourth-order valence-corrected chi connectivity index (χ4v) is 6.05. The molecule has 1 aliphatic heterocycles. The minimum Gasteiger partial charge on any atom is -0.494 e. The lowest BCUT2D eigenvalue weighted by Gasteiger charge is -2.31. The van der Waals surface area contributed by atoms with Crippen molar-refractivity contribution in [3.05, 3.63) is 85.8 Å². The number of anilines is 1. The van der Waals surface area contributed by atoms with Crippen LogP contribution in [0.1, 0.15) is 11.1 Å². The van der Waals surface area contributed by atoms with E-state index in [0.717, 1.165) is 42.6 Å². The van der Waals surface area contributed by atoms with Crippen LogP contribution in [0.5, 0.6) is 5.88 Å². The molecule has 0 aliphatic carbocycles. The summed E-state index contributed by atoms with van der Waals surface area (Å²) in [6.07, 6.45) is 0. The van der Waals surface area contributed by atoms with Crippen LogP contribution in [0.4, 0.5) is 11.4 Å². The maximum absolute atomic E-state index is 12.8. The molecule has 5 rings (SSSR count). The molecule has 0 saturated carbocycles. The van der Waals surface area contributed by atoms with Gasteiger partial charge in [0.2, 0.25) is 5.91 Å². The van der Waals surface area contributed by atoms with E-state index >= 15 is 0 Å². The predicted octanol–water partition coefficient (Wildman–Crippen LogP) is 6.41. The van der Waals surface area contributed by atoms with E-state index in [-0.39, 0.29) is 11.8 Å². The highest BCUT2D eigenvalue weighted by Crippen LogP contribution is 2.37. The topological polar surface area (TPSA) is 84.0 Å². The third kappa shape index (κ3) is 5.97. The number of rotatable bonds is 6. The molecule has 38 heavy (non-hydrogen) atoms. The third-order valence-corrected chi connectivity index (χ3v) is 8.01. The Bertz CT molecular complexity index is 1490. The Morgan fingerprint density at radius 1 is 1.05 bits per heavy atom. The quantitative estimate of drug-likeness (QED) is 0.209. The molecule has 1 aromatic heterocycles. The number of hydrogen-bond acceptors (Lipinski definition) is 5. The van der Waals surface area contributed by atoms with Gasteiger partial charge in [0, 0.05) is 51.1 Å². The molecule has 2 heterocycles. The number of likely N-dealkylation sites (N-methyl/N-ethyl adjacent to an activating group) is 1. The first kappa shape index (κ1) is 26.9. The second kappa shape index (κ2) is 11.6. The number of aromatic amines is 1. The maximum atomic E-state index is 12.8. The van der Waals surface area contributed by atoms with Gasteiger partial charge in [-0.05, 0) is 63.2 Å². The second-order valence-electron chi connectivity index (χ2n) is 9.28. The van der Waals surface area contributed by atoms with Crippen molar-refractivity contribution < 1.29 is 9.90 Å². The van der Waals surface area contributed by atoms with Crippen LogP contribution in [-0.4, -0.2) is 71.3 Å². The summed E-state index contributed by atoms with van der Waals surface area (Å²) in [7, 11) is 2.09. The molecule has 0 spiro atoms. The number of aliphatic imine (C=N–C) groups is 1. The number of amides is 1. The first-order chi connectivity index (χ1) is 18.3. The van der Waals surface area contributed by atoms with Crippen molar-refractivity contribution >= 4 is 77.4 Å². The number of aromatic hydroxyl groups is 1. The number of benzene rings is 3. The highest BCUT2D eigenvalue weighted by molar-refractivity contribution is 9.11. The molecule has 7 nitrogen and oxygen atoms in total. The molecule has 1 saturated heterocycles. The fourth-order valence-electron chi connectivity index (χ4n) is 4.52. The summed E-state index contributed by atoms with van der Waals surface area (Å²) in [6, 6.07) is 18.8. The maximum Gasteiger partial charge on any atom is 0.238 e. The molecule has 1 amide bonds. The van der Waals surface area contributed by atoms with E-state index in [1.54, 1.807) is 12.1 Å². The number of carbonyl (C=O) groups is 1. The summed E-state index contributed by atoms with van der Waals surface area (Å²) in [5, 5.41) is 15.3. The molecule has 3 aromatic carbocycles. The van der Waals surface area contributed by atoms with Crippen molar-refractivity contribution in [2.24, 2.45) is 4.99 Å². The van der Waals surface area contributed by atoms with E-state index in [1.165, 1.54) is 0 Å². The van der Waals surface area contributed by atoms with Crippen molar-refractivity contribution in [1.82, 2.24) is 14.8 Å². The summed E-state index contributed by atoms with van der Waals surface area (Å²) in [5.74, 6) is -0.0599. The highest BCUT2D eigenvalue weighted by atomic mass is 79.9. The standard InChI is InChI=1S/C28H26Br2ClN5O2/c1-35-9-11-36(12-10-35)16-24(37)34-27-21(29)14-19(15-22(27)30)32-26(17-5-3-2-4-6-17)25-20-8-7-18(31)13-23(20)33-28(25)38/h2-8,13-15,33,38H,9-12,16H2,1H3,(H,34,37). The number of piperazine rings is 1. The molecule has 0 radical (unpaired) electrons. The molecule has 196 valence electrons. The average Bonchev–Trinajstić information content (AvgIpc) is 3.21. The average molecular weight is 660 g/mol. The number of fused-ring (bicyclic) bond motifs is 1. The van der Waals surface area contributed by atoms with Gasteiger partial charge in [-0.3, -0.25) is 9.69 Å². The molecular formula is C28H26Br2ClN5O2. The monoisotopic (exact) mass is 657 g/mol. The Morgan fingerprint density at radius 2 is 1.74 bits per heavy atom. The molecule has 0 atom stereocenters. The second-order valence-corrected chi connectivity index (χ2v) is 11.4. The van der Waals surface area contributed by atoms with Gasteiger partial charge in [0.25, 0.3) is 0 Å². The number of nitrogens with zero attached hydrogens (tertiary/aromatic N) is 3. The fraction of sp³-hybridized carbons (Fsp3) is 0.214. The molecule has 1 fully saturated rings. The van der Waals surface area contributed by atoms with E-state index in [0.29, 0.717) is 43.2 Å². The number of nitrogens with one attached hydrogen (secondary N) is 2. The first-order valence-corrected chi connectivity index (χ1v) is 14.1. The summed E-state index contributed by atoms with van der Waals surface area (Å²) in [4.78, 5) is 25.2. The first-order valence-electron chi connectivity index (χ1n) is 12.1. The number of hydrogen-bond donors (Lipinski definition) is 3. The lowest BCUT2D eigenvalue weighted by Crippen LogP contribution is -2.47. The van der Waals surface area contributed by atoms with Crippen LogP contribution in [0, 0.1) is 0 Å². The van der Waals surface area contributed by atoms with Crippen LogP contribution >= 0.6 is 43.5 Å². The number of carbonyl (C=O) groups excluding carboxylic acids is 1. The number of halogens is 3. The summed E-state index contributed by atoms with van der Waals surface area (Å²) in [6.45, 7) is 3.99. The Kier molecular flexibility index (Phi) is 8.20. The summed E-state index contributed by atoms with van der Waals surface area (Å²) >= 11 is 13.4. The summed E-state index contributed by atoms with van der Waals surface area (Å²) < 4.78 is 1.39. The van der Waals surface area contributed by atoms with Gasteiger partial charge in [-0.2, -0.15) is 0 Å². The Morgan fingerprint density at radius 3 is 2.42 bits per heavy atom. The summed E-state index contributed by atoms with van der Waals surface area (Å²) in [5.41, 5.74) is 4.03. The van der Waals surface area contributed by atoms with E-state index < -0.39 is 0 Å². The largest absolute Gasteiger partial charge is 0.494 e. The van der Waals surface area contributed by atoms with Gasteiger partial charge in [0.15, 0.2) is 5.88 Å². The lowest BCUT2D eigenvalue weighted by atomic mass is 10.0. The van der Waals surface area contributed by atoms with Crippen LogP contribution < -0.4 is 5.32 Å². The van der Waals surface area contributed by atoms with Gasteiger partial charge in [-0.25, -0.2) is 4.99 Å². The zero-order valence-corrected chi connectivity index (χ0v) is 24.6. The van der Waals surface area contributed by atoms with Crippen molar-refractivity contribution in [2.75, 3.05) is 45.1 Å². The van der Waals surface area contributed by atoms with Gasteiger partial charge in [-0.15, -0.1) is 0 Å². The van der Waals surface area contributed by atoms with E-state index in [1.807, 2.05) is 48.5 Å². The SMILES string of the molecule is CN1CCN(CC(=O)Nc2c(Br)cc(N=C(c3ccccc3)c3c(O)[nH]c4cc(Cl)ccc34)cc2Br)CC1. The van der Waals surface area contributed by atoms with Crippen LogP contribution in [0.2, 0.25) is 5.02 Å². The Balaban J connectivity index is 1.48. The zero-order chi connectivity index (χ0) is 26.8. The predicted molar refractivity (Wildman–Crippen MR) is 161 cm³/mol. The molecule has 10 heteroatoms. The molecule has 1 aliphatic rings. The highest BCUT2D eigenvalue weighted by Gasteiger charge is 2.21. The Labute approximate surface area is 242 Å². The van der Waals surface area contributed by atoms with Gasteiger partial charge in [0.1, 0.15) is 0 Å². The van der Waals surface area contributed by atoms with Crippen LogP contribution in [0.15, 0.2) is 74.6 Å². The van der Waals surface area contributed by atoms with Crippen LogP contribution in [-0.2, 0) is 4.79 Å². The van der Waals surface area contributed by atoms with Crippen LogP contribution in [0.25, 0.3) is 10.9 Å². The van der Waals surface area contributed by atoms with Crippen molar-refractivity contribution in [3.8, 4) is 5.88 Å². The van der Waals surface area contributed by atoms with Crippen molar-refractivity contribution in [2.45, 2.75) is 0 Å². The lowest BCUT2D eigenvalue weighted by molar-refractivity contribution is -0.117. The molecule has 4 aromatic rings. The zero-order valence-electron chi connectivity index (χ0n) is 20.6. The van der Waals surface area contributed by atoms with Gasteiger partial charge >= 0.3 is 0 Å². The van der Waals surface area contributed by atoms with E-state index in [9.17, 15) is 9.90 Å². The van der Waals surface area contributed by atoms with Crippen LogP contribution in [0.3, 0.4) is 0 Å². The van der Waals surface area contributed by atoms with Crippen molar-refractivity contribution in [3.63, 3.8) is 0 Å². The van der Waals surface area contributed by atoms with E-state index in [2.05, 4.69) is 59.0 Å². The third-order valence-electron chi connectivity index (χ3n) is 6.52. The normalized spacial score (nSPS) is 15.2. The van der Waals surface area contributed by atoms with Crippen molar-refractivity contribution in [1.29, 1.82) is 0 Å². The minimum atomic E-state index is -0.0699. The molecule has 0 bridgehead atoms.